The Kier molecular flexibility index (Phi) is 6.37. The van der Waals surface area contributed by atoms with Crippen LogP contribution in [0.25, 0.3) is 0 Å². The van der Waals surface area contributed by atoms with E-state index in [0.29, 0.717) is 6.42 Å². The van der Waals surface area contributed by atoms with Gasteiger partial charge in [-0.25, -0.2) is 4.79 Å². The van der Waals surface area contributed by atoms with Crippen molar-refractivity contribution in [3.05, 3.63) is 71.3 Å². The van der Waals surface area contributed by atoms with Gasteiger partial charge in [-0.05, 0) is 30.0 Å². The third-order valence-electron chi connectivity index (χ3n) is 3.78. The van der Waals surface area contributed by atoms with Gasteiger partial charge in [0.05, 0.1) is 5.92 Å². The number of carbonyl (C=O) groups excluding carboxylic acids is 1. The molecule has 2 aromatic carbocycles. The Labute approximate surface area is 141 Å². The van der Waals surface area contributed by atoms with Crippen molar-refractivity contribution >= 4 is 12.1 Å². The number of rotatable bonds is 7. The topological polar surface area (TPSA) is 75.6 Å². The van der Waals surface area contributed by atoms with Crippen LogP contribution in [0.15, 0.2) is 54.6 Å². The number of amides is 1. The average Bonchev–Trinajstić information content (AvgIpc) is 2.59. The summed E-state index contributed by atoms with van der Waals surface area (Å²) in [7, 11) is 0. The van der Waals surface area contributed by atoms with Crippen LogP contribution < -0.4 is 5.32 Å². The zero-order chi connectivity index (χ0) is 17.4. The van der Waals surface area contributed by atoms with Crippen molar-refractivity contribution in [3.8, 4) is 0 Å². The van der Waals surface area contributed by atoms with Gasteiger partial charge < -0.3 is 15.2 Å². The van der Waals surface area contributed by atoms with Crippen LogP contribution in [0, 0.1) is 12.8 Å². The first-order valence-electron chi connectivity index (χ1n) is 7.78. The van der Waals surface area contributed by atoms with E-state index in [1.54, 1.807) is 0 Å². The number of ether oxygens (including phenoxy) is 1. The second-order valence-corrected chi connectivity index (χ2v) is 5.61. The smallest absolute Gasteiger partial charge is 0.407 e. The Bertz CT molecular complexity index is 685. The first kappa shape index (κ1) is 17.5. The molecule has 2 aromatic rings. The summed E-state index contributed by atoms with van der Waals surface area (Å²) in [5.41, 5.74) is 2.88. The SMILES string of the molecule is Cc1ccccc1CC(CNC(=O)OCc1ccccc1)C(=O)O. The summed E-state index contributed by atoms with van der Waals surface area (Å²) in [5.74, 6) is -1.64. The molecule has 0 fully saturated rings. The molecular weight excluding hydrogens is 306 g/mol. The number of aryl methyl sites for hydroxylation is 1. The van der Waals surface area contributed by atoms with Crippen LogP contribution in [-0.2, 0) is 22.6 Å². The van der Waals surface area contributed by atoms with Crippen molar-refractivity contribution < 1.29 is 19.4 Å². The number of nitrogens with one attached hydrogen (secondary N) is 1. The zero-order valence-electron chi connectivity index (χ0n) is 13.6. The van der Waals surface area contributed by atoms with Gasteiger partial charge in [0.15, 0.2) is 0 Å². The molecule has 5 heteroatoms. The zero-order valence-corrected chi connectivity index (χ0v) is 13.6. The molecule has 1 unspecified atom stereocenters. The molecular formula is C19H21NO4. The maximum absolute atomic E-state index is 11.7. The summed E-state index contributed by atoms with van der Waals surface area (Å²) < 4.78 is 5.09. The van der Waals surface area contributed by atoms with Crippen molar-refractivity contribution in [2.75, 3.05) is 6.54 Å². The van der Waals surface area contributed by atoms with E-state index >= 15 is 0 Å². The Morgan fingerprint density at radius 2 is 1.75 bits per heavy atom. The maximum atomic E-state index is 11.7. The van der Waals surface area contributed by atoms with Crippen LogP contribution >= 0.6 is 0 Å². The molecule has 0 saturated heterocycles. The summed E-state index contributed by atoms with van der Waals surface area (Å²) >= 11 is 0. The van der Waals surface area contributed by atoms with E-state index in [1.165, 1.54) is 0 Å². The van der Waals surface area contributed by atoms with E-state index in [1.807, 2.05) is 61.5 Å². The molecule has 0 heterocycles. The van der Waals surface area contributed by atoms with Crippen LogP contribution in [0.3, 0.4) is 0 Å². The number of carbonyl (C=O) groups is 2. The number of aliphatic carboxylic acids is 1. The van der Waals surface area contributed by atoms with Gasteiger partial charge in [-0.2, -0.15) is 0 Å². The van der Waals surface area contributed by atoms with E-state index in [2.05, 4.69) is 5.32 Å². The van der Waals surface area contributed by atoms with E-state index < -0.39 is 18.0 Å². The lowest BCUT2D eigenvalue weighted by molar-refractivity contribution is -0.141. The normalized spacial score (nSPS) is 11.5. The molecule has 1 atom stereocenters. The monoisotopic (exact) mass is 327 g/mol. The number of hydrogen-bond acceptors (Lipinski definition) is 3. The Morgan fingerprint density at radius 3 is 2.42 bits per heavy atom. The third-order valence-corrected chi connectivity index (χ3v) is 3.78. The molecule has 24 heavy (non-hydrogen) atoms. The summed E-state index contributed by atoms with van der Waals surface area (Å²) in [6, 6.07) is 16.9. The standard InChI is InChI=1S/C19H21NO4/c1-14-7-5-6-10-16(14)11-17(18(21)22)12-20-19(23)24-13-15-8-3-2-4-9-15/h2-10,17H,11-13H2,1H3,(H,20,23)(H,21,22). The fraction of sp³-hybridized carbons (Fsp3) is 0.263. The van der Waals surface area contributed by atoms with Crippen LogP contribution in [0.4, 0.5) is 4.79 Å². The fourth-order valence-electron chi connectivity index (χ4n) is 2.33. The molecule has 126 valence electrons. The van der Waals surface area contributed by atoms with Gasteiger partial charge in [0, 0.05) is 6.54 Å². The minimum Gasteiger partial charge on any atom is -0.481 e. The molecule has 0 bridgehead atoms. The molecule has 0 aliphatic carbocycles. The van der Waals surface area contributed by atoms with Gasteiger partial charge in [-0.1, -0.05) is 54.6 Å². The van der Waals surface area contributed by atoms with E-state index in [9.17, 15) is 14.7 Å². The quantitative estimate of drug-likeness (QED) is 0.819. The van der Waals surface area contributed by atoms with Crippen LogP contribution in [-0.4, -0.2) is 23.7 Å². The molecule has 0 aliphatic heterocycles. The molecule has 0 radical (unpaired) electrons. The van der Waals surface area contributed by atoms with Crippen LogP contribution in [0.1, 0.15) is 16.7 Å². The largest absolute Gasteiger partial charge is 0.481 e. The van der Waals surface area contributed by atoms with E-state index in [0.717, 1.165) is 16.7 Å². The van der Waals surface area contributed by atoms with Crippen molar-refractivity contribution in [1.29, 1.82) is 0 Å². The first-order chi connectivity index (χ1) is 11.6. The lowest BCUT2D eigenvalue weighted by Gasteiger charge is -2.15. The summed E-state index contributed by atoms with van der Waals surface area (Å²) in [6.45, 7) is 2.12. The number of carboxylic acid groups (broad SMARTS) is 1. The Morgan fingerprint density at radius 1 is 1.08 bits per heavy atom. The third kappa shape index (κ3) is 5.43. The van der Waals surface area contributed by atoms with Crippen LogP contribution in [0.2, 0.25) is 0 Å². The number of benzene rings is 2. The lowest BCUT2D eigenvalue weighted by Crippen LogP contribution is -2.34. The molecule has 0 spiro atoms. The molecule has 0 aromatic heterocycles. The molecule has 2 rings (SSSR count). The number of carboxylic acids is 1. The summed E-state index contributed by atoms with van der Waals surface area (Å²) in [4.78, 5) is 23.2. The highest BCUT2D eigenvalue weighted by atomic mass is 16.5. The molecule has 1 amide bonds. The van der Waals surface area contributed by atoms with Gasteiger partial charge in [-0.15, -0.1) is 0 Å². The van der Waals surface area contributed by atoms with Crippen molar-refractivity contribution in [2.24, 2.45) is 5.92 Å². The highest BCUT2D eigenvalue weighted by Gasteiger charge is 2.20. The summed E-state index contributed by atoms with van der Waals surface area (Å²) in [5, 5.41) is 11.9. The predicted octanol–water partition coefficient (Wildman–Crippen LogP) is 3.16. The molecule has 0 aliphatic rings. The first-order valence-corrected chi connectivity index (χ1v) is 7.78. The number of alkyl carbamates (subject to hydrolysis) is 1. The Hall–Kier alpha value is -2.82. The highest BCUT2D eigenvalue weighted by molar-refractivity contribution is 5.73. The van der Waals surface area contributed by atoms with Crippen molar-refractivity contribution in [3.63, 3.8) is 0 Å². The summed E-state index contributed by atoms with van der Waals surface area (Å²) in [6.07, 6.45) is -0.254. The second kappa shape index (κ2) is 8.72. The van der Waals surface area contributed by atoms with Gasteiger partial charge in [-0.3, -0.25) is 4.79 Å². The minimum absolute atomic E-state index is 0.0251. The lowest BCUT2D eigenvalue weighted by atomic mass is 9.96. The van der Waals surface area contributed by atoms with Gasteiger partial charge in [0.1, 0.15) is 6.61 Å². The maximum Gasteiger partial charge on any atom is 0.407 e. The second-order valence-electron chi connectivity index (χ2n) is 5.61. The Balaban J connectivity index is 1.84. The van der Waals surface area contributed by atoms with E-state index in [4.69, 9.17) is 4.74 Å². The van der Waals surface area contributed by atoms with Gasteiger partial charge in [0.2, 0.25) is 0 Å². The number of hydrogen-bond donors (Lipinski definition) is 2. The molecule has 5 nitrogen and oxygen atoms in total. The minimum atomic E-state index is -0.943. The molecule has 0 saturated carbocycles. The van der Waals surface area contributed by atoms with E-state index in [-0.39, 0.29) is 13.2 Å². The predicted molar refractivity (Wildman–Crippen MR) is 90.6 cm³/mol. The molecule has 2 N–H and O–H groups in total. The van der Waals surface area contributed by atoms with Gasteiger partial charge in [0.25, 0.3) is 0 Å². The van der Waals surface area contributed by atoms with Crippen LogP contribution in [0.5, 0.6) is 0 Å². The van der Waals surface area contributed by atoms with Gasteiger partial charge >= 0.3 is 12.1 Å². The van der Waals surface area contributed by atoms with Crippen molar-refractivity contribution in [2.45, 2.75) is 20.0 Å². The highest BCUT2D eigenvalue weighted by Crippen LogP contribution is 2.13. The fourth-order valence-corrected chi connectivity index (χ4v) is 2.33. The average molecular weight is 327 g/mol. The van der Waals surface area contributed by atoms with Crippen molar-refractivity contribution in [1.82, 2.24) is 5.32 Å².